The van der Waals surface area contributed by atoms with Gasteiger partial charge in [-0.05, 0) is 18.9 Å². The molecular formula is C16H18N6OS2. The number of carbonyl (C=O) groups excluding carboxylic acids is 1. The number of amides is 1. The molecule has 0 spiro atoms. The van der Waals surface area contributed by atoms with Crippen LogP contribution in [0.4, 0.5) is 5.13 Å². The number of benzene rings is 1. The highest BCUT2D eigenvalue weighted by Crippen LogP contribution is 2.30. The first-order valence-corrected chi connectivity index (χ1v) is 9.49. The average molecular weight is 374 g/mol. The van der Waals surface area contributed by atoms with E-state index < -0.39 is 0 Å². The fourth-order valence-electron chi connectivity index (χ4n) is 2.21. The Morgan fingerprint density at radius 2 is 2.12 bits per heavy atom. The number of thioether (sulfide) groups is 1. The summed E-state index contributed by atoms with van der Waals surface area (Å²) in [5.74, 6) is -0.108. The second-order valence-electron chi connectivity index (χ2n) is 5.46. The summed E-state index contributed by atoms with van der Waals surface area (Å²) in [6.07, 6.45) is 2.29. The molecule has 1 atom stereocenters. The predicted octanol–water partition coefficient (Wildman–Crippen LogP) is 3.15. The van der Waals surface area contributed by atoms with Crippen molar-refractivity contribution >= 4 is 34.1 Å². The third-order valence-electron chi connectivity index (χ3n) is 3.61. The SMILES string of the molecule is CC[C@H](Sc1nncn1C)C(=O)Nc1nnc(-c2ccccc2C)s1. The van der Waals surface area contributed by atoms with Crippen LogP contribution >= 0.6 is 23.1 Å². The Balaban J connectivity index is 1.70. The minimum Gasteiger partial charge on any atom is -0.312 e. The molecule has 0 saturated carbocycles. The molecular weight excluding hydrogens is 356 g/mol. The number of aromatic nitrogens is 5. The maximum atomic E-state index is 12.5. The van der Waals surface area contributed by atoms with E-state index >= 15 is 0 Å². The van der Waals surface area contributed by atoms with Crippen LogP contribution in [-0.4, -0.2) is 36.1 Å². The summed E-state index contributed by atoms with van der Waals surface area (Å²) in [4.78, 5) is 12.5. The number of nitrogens with zero attached hydrogens (tertiary/aromatic N) is 5. The predicted molar refractivity (Wildman–Crippen MR) is 99.7 cm³/mol. The van der Waals surface area contributed by atoms with Crippen LogP contribution < -0.4 is 5.32 Å². The van der Waals surface area contributed by atoms with Gasteiger partial charge < -0.3 is 4.57 Å². The van der Waals surface area contributed by atoms with E-state index in [4.69, 9.17) is 0 Å². The van der Waals surface area contributed by atoms with Gasteiger partial charge in [-0.25, -0.2) is 0 Å². The first kappa shape index (κ1) is 17.6. The fourth-order valence-corrected chi connectivity index (χ4v) is 3.94. The van der Waals surface area contributed by atoms with Gasteiger partial charge in [0, 0.05) is 12.6 Å². The lowest BCUT2D eigenvalue weighted by atomic mass is 10.1. The lowest BCUT2D eigenvalue weighted by molar-refractivity contribution is -0.115. The summed E-state index contributed by atoms with van der Waals surface area (Å²) in [5, 5.41) is 20.7. The van der Waals surface area contributed by atoms with E-state index in [9.17, 15) is 4.79 Å². The number of nitrogens with one attached hydrogen (secondary N) is 1. The number of aryl methyl sites for hydroxylation is 2. The minimum atomic E-state index is -0.270. The molecule has 7 nitrogen and oxygen atoms in total. The molecule has 0 aliphatic carbocycles. The number of hydrogen-bond donors (Lipinski definition) is 1. The molecule has 1 N–H and O–H groups in total. The molecule has 9 heteroatoms. The zero-order chi connectivity index (χ0) is 17.8. The van der Waals surface area contributed by atoms with Crippen LogP contribution in [0, 0.1) is 6.92 Å². The second-order valence-corrected chi connectivity index (χ2v) is 7.60. The van der Waals surface area contributed by atoms with Gasteiger partial charge in [0.25, 0.3) is 0 Å². The smallest absolute Gasteiger partial charge is 0.239 e. The Hall–Kier alpha value is -2.26. The van der Waals surface area contributed by atoms with Gasteiger partial charge in [0.15, 0.2) is 5.16 Å². The summed E-state index contributed by atoms with van der Waals surface area (Å²) in [5.41, 5.74) is 2.15. The number of rotatable bonds is 6. The van der Waals surface area contributed by atoms with Gasteiger partial charge in [-0.15, -0.1) is 20.4 Å². The molecule has 0 unspecified atom stereocenters. The van der Waals surface area contributed by atoms with Crippen molar-refractivity contribution in [2.24, 2.45) is 7.05 Å². The van der Waals surface area contributed by atoms with Gasteiger partial charge in [0.2, 0.25) is 11.0 Å². The van der Waals surface area contributed by atoms with Gasteiger partial charge in [-0.1, -0.05) is 54.3 Å². The van der Waals surface area contributed by atoms with Crippen LogP contribution in [-0.2, 0) is 11.8 Å². The summed E-state index contributed by atoms with van der Waals surface area (Å²) in [7, 11) is 1.85. The third-order valence-corrected chi connectivity index (χ3v) is 5.90. The van der Waals surface area contributed by atoms with Gasteiger partial charge in [-0.2, -0.15) is 0 Å². The van der Waals surface area contributed by atoms with Crippen LogP contribution in [0.5, 0.6) is 0 Å². The molecule has 1 aromatic carbocycles. The van der Waals surface area contributed by atoms with E-state index in [-0.39, 0.29) is 11.2 Å². The van der Waals surface area contributed by atoms with Crippen LogP contribution in [0.15, 0.2) is 35.7 Å². The molecule has 3 aromatic rings. The van der Waals surface area contributed by atoms with E-state index in [1.807, 2.05) is 45.2 Å². The molecule has 0 aliphatic heterocycles. The van der Waals surface area contributed by atoms with Crippen molar-refractivity contribution in [1.29, 1.82) is 0 Å². The summed E-state index contributed by atoms with van der Waals surface area (Å²) in [6, 6.07) is 7.98. The molecule has 0 radical (unpaired) electrons. The van der Waals surface area contributed by atoms with Crippen LogP contribution in [0.2, 0.25) is 0 Å². The largest absolute Gasteiger partial charge is 0.312 e. The molecule has 0 saturated heterocycles. The van der Waals surface area contributed by atoms with Crippen molar-refractivity contribution in [3.05, 3.63) is 36.2 Å². The molecule has 2 aromatic heterocycles. The Morgan fingerprint density at radius 3 is 2.80 bits per heavy atom. The molecule has 1 amide bonds. The Bertz CT molecular complexity index is 875. The van der Waals surface area contributed by atoms with E-state index in [1.165, 1.54) is 23.1 Å². The quantitative estimate of drug-likeness (QED) is 0.667. The standard InChI is InChI=1S/C16H18N6OS2/c1-4-12(24-16-21-17-9-22(16)3)13(23)18-15-20-19-14(25-15)11-8-6-5-7-10(11)2/h5-9,12H,4H2,1-3H3,(H,18,20,23)/t12-/m0/s1. The van der Waals surface area contributed by atoms with Crippen molar-refractivity contribution in [2.45, 2.75) is 30.7 Å². The Labute approximate surface area is 153 Å². The molecule has 0 aliphatic rings. The molecule has 130 valence electrons. The van der Waals surface area contributed by atoms with Crippen molar-refractivity contribution in [3.63, 3.8) is 0 Å². The highest BCUT2D eigenvalue weighted by Gasteiger charge is 2.22. The summed E-state index contributed by atoms with van der Waals surface area (Å²) in [6.45, 7) is 3.99. The monoisotopic (exact) mass is 374 g/mol. The topological polar surface area (TPSA) is 85.6 Å². The van der Waals surface area contributed by atoms with Crippen LogP contribution in [0.3, 0.4) is 0 Å². The molecule has 3 rings (SSSR count). The lowest BCUT2D eigenvalue weighted by Gasteiger charge is -2.12. The Kier molecular flexibility index (Phi) is 5.44. The zero-order valence-electron chi connectivity index (χ0n) is 14.1. The summed E-state index contributed by atoms with van der Waals surface area (Å²) < 4.78 is 1.79. The van der Waals surface area contributed by atoms with Gasteiger partial charge in [0.1, 0.15) is 11.3 Å². The average Bonchev–Trinajstić information content (AvgIpc) is 3.22. The van der Waals surface area contributed by atoms with Crippen molar-refractivity contribution in [3.8, 4) is 10.6 Å². The van der Waals surface area contributed by atoms with Crippen molar-refractivity contribution in [1.82, 2.24) is 25.0 Å². The van der Waals surface area contributed by atoms with Crippen molar-refractivity contribution in [2.75, 3.05) is 5.32 Å². The molecule has 0 bridgehead atoms. The Morgan fingerprint density at radius 1 is 1.32 bits per heavy atom. The van der Waals surface area contributed by atoms with Crippen LogP contribution in [0.25, 0.3) is 10.6 Å². The van der Waals surface area contributed by atoms with E-state index in [0.29, 0.717) is 16.7 Å². The zero-order valence-corrected chi connectivity index (χ0v) is 15.8. The lowest BCUT2D eigenvalue weighted by Crippen LogP contribution is -2.24. The molecule has 2 heterocycles. The highest BCUT2D eigenvalue weighted by molar-refractivity contribution is 8.00. The normalized spacial score (nSPS) is 12.1. The van der Waals surface area contributed by atoms with Gasteiger partial charge in [0.05, 0.1) is 5.25 Å². The number of anilines is 1. The number of carbonyl (C=O) groups is 1. The number of hydrogen-bond acceptors (Lipinski definition) is 7. The first-order valence-electron chi connectivity index (χ1n) is 7.79. The van der Waals surface area contributed by atoms with E-state index in [0.717, 1.165) is 16.1 Å². The second kappa shape index (κ2) is 7.75. The van der Waals surface area contributed by atoms with E-state index in [1.54, 1.807) is 10.9 Å². The maximum Gasteiger partial charge on any atom is 0.239 e. The van der Waals surface area contributed by atoms with Gasteiger partial charge in [-0.3, -0.25) is 10.1 Å². The van der Waals surface area contributed by atoms with Crippen LogP contribution in [0.1, 0.15) is 18.9 Å². The van der Waals surface area contributed by atoms with Crippen molar-refractivity contribution < 1.29 is 4.79 Å². The fraction of sp³-hybridized carbons (Fsp3) is 0.312. The maximum absolute atomic E-state index is 12.5. The summed E-state index contributed by atoms with van der Waals surface area (Å²) >= 11 is 2.76. The third kappa shape index (κ3) is 4.05. The molecule has 0 fully saturated rings. The highest BCUT2D eigenvalue weighted by atomic mass is 32.2. The minimum absolute atomic E-state index is 0.108. The first-order chi connectivity index (χ1) is 12.1. The van der Waals surface area contributed by atoms with Gasteiger partial charge >= 0.3 is 0 Å². The molecule has 25 heavy (non-hydrogen) atoms. The van der Waals surface area contributed by atoms with E-state index in [2.05, 4.69) is 25.7 Å².